The topological polar surface area (TPSA) is 28.7 Å². The van der Waals surface area contributed by atoms with E-state index in [-0.39, 0.29) is 0 Å². The molecule has 2 nitrogen and oxygen atoms in total. The summed E-state index contributed by atoms with van der Waals surface area (Å²) in [6.45, 7) is 7.23. The van der Waals surface area contributed by atoms with Crippen molar-refractivity contribution < 1.29 is 0 Å². The monoisotopic (exact) mass is 522 g/mol. The summed E-state index contributed by atoms with van der Waals surface area (Å²) in [5.74, 6) is 0. The van der Waals surface area contributed by atoms with Gasteiger partial charge in [-0.1, -0.05) is 67.3 Å². The first-order valence-corrected chi connectivity index (χ1v) is 17.2. The number of nitrogens with zero attached hydrogens (tertiary/aromatic N) is 2. The van der Waals surface area contributed by atoms with Gasteiger partial charge in [0, 0.05) is 36.6 Å². The Morgan fingerprint density at radius 3 is 1.95 bits per heavy atom. The molecule has 0 unspecified atom stereocenters. The molecule has 7 rings (SSSR count). The Labute approximate surface area is 227 Å². The lowest BCUT2D eigenvalue weighted by atomic mass is 10.0. The van der Waals surface area contributed by atoms with Gasteiger partial charge < -0.3 is 4.57 Å². The molecular weight excluding hydrogens is 497 g/mol. The third-order valence-corrected chi connectivity index (χ3v) is 10.8. The molecule has 0 saturated heterocycles. The van der Waals surface area contributed by atoms with Gasteiger partial charge in [-0.3, -0.25) is 0 Å². The molecule has 2 heterocycles. The van der Waals surface area contributed by atoms with Gasteiger partial charge in [0.25, 0.3) is 0 Å². The van der Waals surface area contributed by atoms with Crippen LogP contribution in [0.4, 0.5) is 0 Å². The molecule has 5 aromatic carbocycles. The highest BCUT2D eigenvalue weighted by Gasteiger charge is 2.20. The van der Waals surface area contributed by atoms with E-state index in [1.807, 2.05) is 12.1 Å². The van der Waals surface area contributed by atoms with Crippen molar-refractivity contribution >= 4 is 66.6 Å². The fraction of sp³-hybridized carbons (Fsp3) is 0.0882. The van der Waals surface area contributed by atoms with Gasteiger partial charge in [0.05, 0.1) is 30.7 Å². The molecule has 0 aliphatic heterocycles. The van der Waals surface area contributed by atoms with E-state index < -0.39 is 8.07 Å². The number of hydrogen-bond acceptors (Lipinski definition) is 2. The van der Waals surface area contributed by atoms with Crippen LogP contribution in [0.5, 0.6) is 0 Å². The van der Waals surface area contributed by atoms with E-state index in [1.165, 1.54) is 58.6 Å². The molecule has 182 valence electrons. The Hall–Kier alpha value is -4.17. The van der Waals surface area contributed by atoms with Crippen molar-refractivity contribution in [2.75, 3.05) is 0 Å². The second kappa shape index (κ2) is 8.42. The number of benzene rings is 5. The first kappa shape index (κ1) is 23.0. The van der Waals surface area contributed by atoms with Crippen molar-refractivity contribution in [1.29, 1.82) is 5.26 Å². The summed E-state index contributed by atoms with van der Waals surface area (Å²) in [5, 5.41) is 15.9. The molecule has 0 bridgehead atoms. The van der Waals surface area contributed by atoms with E-state index in [0.717, 1.165) is 5.39 Å². The van der Waals surface area contributed by atoms with Crippen molar-refractivity contribution in [3.63, 3.8) is 0 Å². The molecule has 0 fully saturated rings. The second-order valence-corrected chi connectivity index (χ2v) is 17.2. The third-order valence-electron chi connectivity index (χ3n) is 7.58. The zero-order chi connectivity index (χ0) is 26.0. The smallest absolute Gasteiger partial charge is 0.0991 e. The van der Waals surface area contributed by atoms with E-state index in [9.17, 15) is 5.26 Å². The number of nitriles is 1. The Morgan fingerprint density at radius 1 is 0.632 bits per heavy atom. The van der Waals surface area contributed by atoms with E-state index >= 15 is 0 Å². The minimum atomic E-state index is -1.47. The normalized spacial score (nSPS) is 12.1. The van der Waals surface area contributed by atoms with Crippen molar-refractivity contribution in [1.82, 2.24) is 4.57 Å². The highest BCUT2D eigenvalue weighted by molar-refractivity contribution is 7.25. The minimum absolute atomic E-state index is 0.705. The lowest BCUT2D eigenvalue weighted by Gasteiger charge is -2.16. The standard InChI is InChI=1S/C34H26N2SSi/c1-38(2,3)26-12-14-32-28(20-26)27-18-23(10-13-31(27)36(32)25-7-5-4-6-8-25)24-11-16-34-30(19-24)29-17-22(21-35)9-15-33(29)37-34/h4-20H,1-3H3. The van der Waals surface area contributed by atoms with E-state index in [1.54, 1.807) is 11.3 Å². The molecular formula is C34H26N2SSi. The number of para-hydroxylation sites is 1. The Morgan fingerprint density at radius 2 is 1.24 bits per heavy atom. The van der Waals surface area contributed by atoms with Gasteiger partial charge in [-0.15, -0.1) is 11.3 Å². The summed E-state index contributed by atoms with van der Waals surface area (Å²) in [5.41, 5.74) is 6.76. The molecule has 0 atom stereocenters. The van der Waals surface area contributed by atoms with E-state index in [0.29, 0.717) is 5.56 Å². The molecule has 0 aliphatic carbocycles. The van der Waals surface area contributed by atoms with Crippen LogP contribution in [0.3, 0.4) is 0 Å². The predicted octanol–water partition coefficient (Wildman–Crippen LogP) is 9.24. The largest absolute Gasteiger partial charge is 0.309 e. The van der Waals surface area contributed by atoms with E-state index in [2.05, 4.69) is 121 Å². The van der Waals surface area contributed by atoms with Crippen LogP contribution in [0, 0.1) is 11.3 Å². The van der Waals surface area contributed by atoms with Crippen LogP contribution in [-0.2, 0) is 0 Å². The van der Waals surface area contributed by atoms with Gasteiger partial charge in [-0.25, -0.2) is 0 Å². The van der Waals surface area contributed by atoms with Crippen LogP contribution in [0.1, 0.15) is 5.56 Å². The average Bonchev–Trinajstić information content (AvgIpc) is 3.46. The molecule has 0 radical (unpaired) electrons. The fourth-order valence-corrected chi connectivity index (χ4v) is 7.78. The van der Waals surface area contributed by atoms with Crippen molar-refractivity contribution in [3.8, 4) is 22.9 Å². The highest BCUT2D eigenvalue weighted by Crippen LogP contribution is 2.39. The average molecular weight is 523 g/mol. The maximum absolute atomic E-state index is 9.43. The maximum Gasteiger partial charge on any atom is 0.0991 e. The van der Waals surface area contributed by atoms with Gasteiger partial charge in [-0.2, -0.15) is 5.26 Å². The van der Waals surface area contributed by atoms with Crippen molar-refractivity contribution in [2.45, 2.75) is 19.6 Å². The number of thiophene rings is 1. The van der Waals surface area contributed by atoms with Crippen molar-refractivity contribution in [3.05, 3.63) is 109 Å². The quantitative estimate of drug-likeness (QED) is 0.213. The summed E-state index contributed by atoms with van der Waals surface area (Å²) in [6.07, 6.45) is 0. The zero-order valence-corrected chi connectivity index (χ0v) is 23.4. The Balaban J connectivity index is 1.49. The van der Waals surface area contributed by atoms with Gasteiger partial charge >= 0.3 is 0 Å². The summed E-state index contributed by atoms with van der Waals surface area (Å²) in [4.78, 5) is 0. The summed E-state index contributed by atoms with van der Waals surface area (Å²) in [6, 6.07) is 39.7. The molecule has 7 aromatic rings. The highest BCUT2D eigenvalue weighted by atomic mass is 32.1. The fourth-order valence-electron chi connectivity index (χ4n) is 5.55. The van der Waals surface area contributed by atoms with Gasteiger partial charge in [0.15, 0.2) is 0 Å². The maximum atomic E-state index is 9.43. The van der Waals surface area contributed by atoms with Crippen LogP contribution in [0.25, 0.3) is 58.8 Å². The lowest BCUT2D eigenvalue weighted by molar-refractivity contribution is 1.18. The van der Waals surface area contributed by atoms with E-state index in [4.69, 9.17) is 0 Å². The van der Waals surface area contributed by atoms with Crippen LogP contribution < -0.4 is 5.19 Å². The molecule has 38 heavy (non-hydrogen) atoms. The summed E-state index contributed by atoms with van der Waals surface area (Å²) >= 11 is 1.79. The second-order valence-electron chi connectivity index (χ2n) is 11.0. The molecule has 4 heteroatoms. The Kier molecular flexibility index (Phi) is 5.09. The number of aromatic nitrogens is 1. The number of hydrogen-bond donors (Lipinski definition) is 0. The molecule has 0 amide bonds. The van der Waals surface area contributed by atoms with Crippen molar-refractivity contribution in [2.24, 2.45) is 0 Å². The van der Waals surface area contributed by atoms with Gasteiger partial charge in [0.2, 0.25) is 0 Å². The molecule has 0 N–H and O–H groups in total. The molecule has 0 aliphatic rings. The SMILES string of the molecule is C[Si](C)(C)c1ccc2c(c1)c1cc(-c3ccc4sc5ccc(C#N)cc5c4c3)ccc1n2-c1ccccc1. The predicted molar refractivity (Wildman–Crippen MR) is 167 cm³/mol. The number of rotatable bonds is 3. The summed E-state index contributed by atoms with van der Waals surface area (Å²) in [7, 11) is -1.47. The minimum Gasteiger partial charge on any atom is -0.309 e. The van der Waals surface area contributed by atoms with Crippen LogP contribution >= 0.6 is 11.3 Å². The van der Waals surface area contributed by atoms with Gasteiger partial charge in [-0.05, 0) is 71.8 Å². The summed E-state index contributed by atoms with van der Waals surface area (Å²) < 4.78 is 4.86. The van der Waals surface area contributed by atoms with Crippen LogP contribution in [0.15, 0.2) is 103 Å². The van der Waals surface area contributed by atoms with Gasteiger partial charge in [0.1, 0.15) is 0 Å². The molecule has 0 spiro atoms. The lowest BCUT2D eigenvalue weighted by Crippen LogP contribution is -2.37. The third kappa shape index (κ3) is 3.59. The number of fused-ring (bicyclic) bond motifs is 6. The van der Waals surface area contributed by atoms with Crippen LogP contribution in [-0.4, -0.2) is 12.6 Å². The first-order valence-electron chi connectivity index (χ1n) is 12.9. The molecule has 2 aromatic heterocycles. The molecule has 0 saturated carbocycles. The zero-order valence-electron chi connectivity index (χ0n) is 21.6. The Bertz CT molecular complexity index is 2070. The van der Waals surface area contributed by atoms with Crippen LogP contribution in [0.2, 0.25) is 19.6 Å². The first-order chi connectivity index (χ1) is 18.4.